The third-order valence-corrected chi connectivity index (χ3v) is 15.2. The Bertz CT molecular complexity index is 3200. The molecule has 0 aliphatic carbocycles. The summed E-state index contributed by atoms with van der Waals surface area (Å²) >= 11 is 0. The van der Waals surface area contributed by atoms with Gasteiger partial charge in [0.15, 0.2) is 0 Å². The van der Waals surface area contributed by atoms with Crippen molar-refractivity contribution in [1.82, 2.24) is 79.8 Å². The van der Waals surface area contributed by atoms with Gasteiger partial charge in [0.05, 0.1) is 18.1 Å². The second-order valence-electron chi connectivity index (χ2n) is 31.0. The Morgan fingerprint density at radius 3 is 1.36 bits per heavy atom. The fraction of sp³-hybridized carbons (Fsp3) is 0.708. The average Bonchev–Trinajstić information content (AvgIpc) is 1.17. The molecule has 11 atom stereocenters. The molecule has 1 aromatic rings. The number of hydrogen-bond acceptors (Lipinski definition) is 23. The number of carbonyl (C=O) groups is 15. The van der Waals surface area contributed by atoms with E-state index in [4.69, 9.17) is 23.7 Å². The number of nitrogens with one attached hydrogen (secondary N) is 15. The predicted molar refractivity (Wildman–Crippen MR) is 397 cm³/mol. The first-order valence-corrected chi connectivity index (χ1v) is 36.7. The monoisotopic (exact) mass is 1550 g/mol. The highest BCUT2D eigenvalue weighted by Crippen LogP contribution is 2.15. The molecule has 0 bridgehead atoms. The minimum Gasteiger partial charge on any atom is -0.464 e. The molecule has 0 spiro atoms. The summed E-state index contributed by atoms with van der Waals surface area (Å²) in [6.07, 6.45) is -10.1. The maximum Gasteiger partial charge on any atom is 0.407 e. The number of aliphatic hydroxyl groups is 2. The lowest BCUT2D eigenvalue weighted by molar-refractivity contribution is -0.147. The number of rotatable bonds is 30. The molecule has 0 radical (unpaired) electrons. The van der Waals surface area contributed by atoms with Gasteiger partial charge >= 0.3 is 30.3 Å². The van der Waals surface area contributed by atoms with Gasteiger partial charge in [-0.3, -0.25) is 52.7 Å². The van der Waals surface area contributed by atoms with Crippen molar-refractivity contribution in [2.45, 2.75) is 265 Å². The fourth-order valence-corrected chi connectivity index (χ4v) is 10.0. The summed E-state index contributed by atoms with van der Waals surface area (Å²) in [5.74, 6) is -11.8. The highest BCUT2D eigenvalue weighted by molar-refractivity contribution is 5.99. The molecular weight excluding hydrogens is 1430 g/mol. The van der Waals surface area contributed by atoms with Crippen LogP contribution in [0.2, 0.25) is 0 Å². The molecule has 2 rings (SSSR count). The maximum atomic E-state index is 15.2. The topological polar surface area (TPSA) is 523 Å². The molecule has 1 aromatic carbocycles. The summed E-state index contributed by atoms with van der Waals surface area (Å²) in [7, 11) is 0. The SMILES string of the molecule is CC(C)C[C@@H]1NC(=O)[C@@H](Cc2ccccc2)NC(=O)[C@H](CCNC(=O)OC(C)(C)C)NC(=O)[C@@H](NC(=O)[C@H](CCNC(=O)OC(C)(C)C)NC(=O)[C@@H](NC(=O)CCNCCOC(=O)C(C)C)[C@@H](C)O)CCNC(=O)[C@H]([C@@H](C)O)NC(=O)[C@H](CCNC(=O)OC(C)(C)C)NC(=O)[C@H](CCNC(=O)OC(C)(C)C)NC1=O. The average molecular weight is 1550 g/mol. The Hall–Kier alpha value is -9.65. The second kappa shape index (κ2) is 46.0. The Balaban J connectivity index is 3.03. The molecule has 1 heterocycles. The Morgan fingerprint density at radius 2 is 0.917 bits per heavy atom. The summed E-state index contributed by atoms with van der Waals surface area (Å²) in [6, 6.07) is -7.28. The molecule has 0 unspecified atom stereocenters. The first kappa shape index (κ1) is 95.4. The van der Waals surface area contributed by atoms with Crippen LogP contribution in [-0.4, -0.2) is 241 Å². The zero-order chi connectivity index (χ0) is 82.7. The molecule has 37 heteroatoms. The van der Waals surface area contributed by atoms with Crippen LogP contribution in [0, 0.1) is 11.8 Å². The molecule has 0 saturated carbocycles. The Kier molecular flexibility index (Phi) is 40.3. The van der Waals surface area contributed by atoms with Crippen molar-refractivity contribution in [2.24, 2.45) is 11.8 Å². The van der Waals surface area contributed by atoms with Crippen molar-refractivity contribution in [1.29, 1.82) is 0 Å². The lowest BCUT2D eigenvalue weighted by Crippen LogP contribution is -2.61. The van der Waals surface area contributed by atoms with Gasteiger partial charge in [-0.25, -0.2) is 19.2 Å². The summed E-state index contributed by atoms with van der Waals surface area (Å²) in [5.41, 5.74) is -3.47. The van der Waals surface area contributed by atoms with Crippen LogP contribution in [0.5, 0.6) is 0 Å². The van der Waals surface area contributed by atoms with Crippen molar-refractivity contribution in [2.75, 3.05) is 52.4 Å². The lowest BCUT2D eigenvalue weighted by atomic mass is 10.00. The number of aliphatic hydroxyl groups excluding tert-OH is 2. The van der Waals surface area contributed by atoms with E-state index in [1.165, 1.54) is 6.92 Å². The van der Waals surface area contributed by atoms with Gasteiger partial charge in [-0.1, -0.05) is 58.0 Å². The first-order valence-electron chi connectivity index (χ1n) is 36.7. The normalized spacial score (nSPS) is 20.2. The minimum atomic E-state index is -1.89. The number of alkyl carbamates (subject to hydrolysis) is 4. The molecule has 0 aromatic heterocycles. The van der Waals surface area contributed by atoms with E-state index in [1.54, 1.807) is 141 Å². The van der Waals surface area contributed by atoms with Gasteiger partial charge in [0.25, 0.3) is 0 Å². The van der Waals surface area contributed by atoms with Gasteiger partial charge in [-0.2, -0.15) is 0 Å². The molecule has 14 amide bonds. The van der Waals surface area contributed by atoms with E-state index >= 15 is 14.4 Å². The second-order valence-corrected chi connectivity index (χ2v) is 31.0. The quantitative estimate of drug-likeness (QED) is 0.0268. The molecule has 1 saturated heterocycles. The van der Waals surface area contributed by atoms with Crippen molar-refractivity contribution < 1.29 is 106 Å². The summed E-state index contributed by atoms with van der Waals surface area (Å²) in [4.78, 5) is 210. The van der Waals surface area contributed by atoms with Crippen LogP contribution in [-0.2, 0) is 82.8 Å². The third kappa shape index (κ3) is 40.9. The molecule has 1 fully saturated rings. The van der Waals surface area contributed by atoms with Crippen LogP contribution in [0.3, 0.4) is 0 Å². The summed E-state index contributed by atoms with van der Waals surface area (Å²) < 4.78 is 26.6. The van der Waals surface area contributed by atoms with Gasteiger partial charge in [0.2, 0.25) is 59.1 Å². The molecule has 109 heavy (non-hydrogen) atoms. The van der Waals surface area contributed by atoms with E-state index in [2.05, 4.69) is 79.8 Å². The minimum absolute atomic E-state index is 0.00216. The zero-order valence-corrected chi connectivity index (χ0v) is 66.3. The summed E-state index contributed by atoms with van der Waals surface area (Å²) in [6.45, 7) is 26.3. The zero-order valence-electron chi connectivity index (χ0n) is 66.3. The number of carbonyl (C=O) groups excluding carboxylic acids is 15. The smallest absolute Gasteiger partial charge is 0.407 e. The van der Waals surface area contributed by atoms with Gasteiger partial charge < -0.3 is 114 Å². The van der Waals surface area contributed by atoms with E-state index in [9.17, 15) is 67.7 Å². The highest BCUT2D eigenvalue weighted by atomic mass is 16.6. The van der Waals surface area contributed by atoms with Crippen LogP contribution < -0.4 is 79.8 Å². The number of benzene rings is 1. The molecule has 37 nitrogen and oxygen atoms in total. The highest BCUT2D eigenvalue weighted by Gasteiger charge is 2.38. The first-order chi connectivity index (χ1) is 50.5. The van der Waals surface area contributed by atoms with Crippen LogP contribution in [0.25, 0.3) is 0 Å². The van der Waals surface area contributed by atoms with Crippen molar-refractivity contribution >= 4 is 89.4 Å². The van der Waals surface area contributed by atoms with Crippen molar-refractivity contribution in [3.05, 3.63) is 35.9 Å². The van der Waals surface area contributed by atoms with Gasteiger partial charge in [-0.15, -0.1) is 0 Å². The Morgan fingerprint density at radius 1 is 0.495 bits per heavy atom. The van der Waals surface area contributed by atoms with E-state index in [0.717, 1.165) is 6.92 Å². The van der Waals surface area contributed by atoms with Crippen molar-refractivity contribution in [3.8, 4) is 0 Å². The van der Waals surface area contributed by atoms with E-state index < -0.39 is 230 Å². The molecule has 17 N–H and O–H groups in total. The number of amides is 14. The van der Waals surface area contributed by atoms with Crippen LogP contribution in [0.4, 0.5) is 19.2 Å². The molecule has 1 aliphatic heterocycles. The van der Waals surface area contributed by atoms with Gasteiger partial charge in [0, 0.05) is 58.7 Å². The molecule has 1 aliphatic rings. The maximum absolute atomic E-state index is 15.2. The van der Waals surface area contributed by atoms with Crippen molar-refractivity contribution in [3.63, 3.8) is 0 Å². The lowest BCUT2D eigenvalue weighted by Gasteiger charge is -2.29. The van der Waals surface area contributed by atoms with Crippen LogP contribution in [0.1, 0.15) is 175 Å². The van der Waals surface area contributed by atoms with Crippen LogP contribution >= 0.6 is 0 Å². The largest absolute Gasteiger partial charge is 0.464 e. The van der Waals surface area contributed by atoms with E-state index in [1.807, 2.05) is 0 Å². The number of ether oxygens (including phenoxy) is 5. The van der Waals surface area contributed by atoms with Crippen LogP contribution in [0.15, 0.2) is 30.3 Å². The Labute approximate surface area is 637 Å². The number of esters is 1. The van der Waals surface area contributed by atoms with Gasteiger partial charge in [-0.05, 0) is 147 Å². The number of hydrogen-bond donors (Lipinski definition) is 17. The fourth-order valence-electron chi connectivity index (χ4n) is 10.0. The van der Waals surface area contributed by atoms with E-state index in [0.29, 0.717) is 5.56 Å². The van der Waals surface area contributed by atoms with Gasteiger partial charge in [0.1, 0.15) is 83.4 Å². The summed E-state index contributed by atoms with van der Waals surface area (Å²) in [5, 5.41) is 60.4. The molecular formula is C72H121N15O22. The standard InChI is InChI=1S/C72H121N15O22/c1-40(2)38-50-60(96)82-46(25-32-75-65(101)106-69(7,8)9)56(92)81-49(28-35-78-68(104)109-72(16,17)18)59(95)87-53(42(5)88)62(98)74-31-24-45(55(91)80-47(26-33-76-66(102)107-70(10,11)12)58(94)85-51(61(97)84-50)39-44-22-20-19-21-23-44)79-57(93)48(27-34-77-67(103)108-71(13,14)15)83-63(99)54(43(6)89)86-52(90)29-30-73-36-37-105-64(100)41(3)4/h19-23,40-43,45-51,53-54,73,88-89H,24-39H2,1-18H3,(H,74,98)(H,75,101)(H,76,102)(H,77,103)(H,78,104)(H,79,93)(H,80,91)(H,81,92)(H,82,96)(H,83,99)(H,84,97)(H,85,94)(H,86,90)(H,87,95)/t42-,43-,45+,46+,47+,48+,49+,50+,51-,53+,54+/m1/s1. The molecule has 616 valence electrons. The third-order valence-electron chi connectivity index (χ3n) is 15.2. The predicted octanol–water partition coefficient (Wildman–Crippen LogP) is -0.242. The van der Waals surface area contributed by atoms with E-state index in [-0.39, 0.29) is 63.9 Å².